The van der Waals surface area contributed by atoms with Gasteiger partial charge in [0.2, 0.25) is 0 Å². The number of allylic oxidation sites excluding steroid dienone is 5. The average Bonchev–Trinajstić information content (AvgIpc) is 1.38. The number of H-pyrrole nitrogens is 1. The third-order valence-electron chi connectivity index (χ3n) is 24.0. The number of hydrogen-bond donors (Lipinski definition) is 7. The first-order chi connectivity index (χ1) is 42.0. The number of aromatic amines is 1. The van der Waals surface area contributed by atoms with E-state index in [9.17, 15) is 24.9 Å². The summed E-state index contributed by atoms with van der Waals surface area (Å²) in [5, 5.41) is 44.9. The lowest BCUT2D eigenvalue weighted by Gasteiger charge is -2.58. The molecule has 5 fully saturated rings. The predicted molar refractivity (Wildman–Crippen MR) is 329 cm³/mol. The van der Waals surface area contributed by atoms with Crippen LogP contribution in [0.4, 0.5) is 0 Å². The molecule has 5 aliphatic heterocycles. The highest BCUT2D eigenvalue weighted by Crippen LogP contribution is 2.73. The quantitative estimate of drug-likeness (QED) is 0.0424. The maximum Gasteiger partial charge on any atom is 0.340 e. The Kier molecular flexibility index (Phi) is 16.8. The van der Waals surface area contributed by atoms with Crippen LogP contribution in [0, 0.1) is 99.6 Å². The first-order valence-electron chi connectivity index (χ1n) is 33.2. The molecule has 15 nitrogen and oxygen atoms in total. The summed E-state index contributed by atoms with van der Waals surface area (Å²) in [5.41, 5.74) is 5.78. The van der Waals surface area contributed by atoms with Gasteiger partial charge in [0.25, 0.3) is 11.8 Å². The summed E-state index contributed by atoms with van der Waals surface area (Å²) in [6, 6.07) is 0. The van der Waals surface area contributed by atoms with Crippen LogP contribution in [0.25, 0.3) is 0 Å². The summed E-state index contributed by atoms with van der Waals surface area (Å²) < 4.78 is 13.8. The summed E-state index contributed by atoms with van der Waals surface area (Å²) >= 11 is 0. The molecule has 4 saturated carbocycles. The number of carbonyl (C=O) groups is 4. The number of rotatable bonds is 13. The topological polar surface area (TPSA) is 215 Å². The zero-order chi connectivity index (χ0) is 58.8. The Bertz CT molecular complexity index is 3130. The SMILES string of the molecule is CCC1(C2=C3OC(=O)C4=C3C(CC2)CC2C3CCC5(C6=CCC(C7CCC8CC(CO)CC(CO)C#CCC7C8)C(NCC(O)C7CCCCC7Cc7cnc[nH]7)SSCNC7=CC(=CCN7)C(CN7C(=O)C=CC7=O)C3=C5C(=O)O6)C42)CCCC1. The van der Waals surface area contributed by atoms with Gasteiger partial charge in [0.1, 0.15) is 11.5 Å². The van der Waals surface area contributed by atoms with Crippen LogP contribution < -0.4 is 16.0 Å². The highest BCUT2D eigenvalue weighted by atomic mass is 33.1. The van der Waals surface area contributed by atoms with E-state index in [0.29, 0.717) is 67.8 Å². The number of imide groups is 1. The molecule has 9 aliphatic carbocycles. The van der Waals surface area contributed by atoms with E-state index in [1.54, 1.807) is 27.9 Å². The Labute approximate surface area is 514 Å². The molecule has 460 valence electrons. The van der Waals surface area contributed by atoms with Crippen LogP contribution in [-0.2, 0) is 35.1 Å². The van der Waals surface area contributed by atoms with Crippen LogP contribution >= 0.6 is 21.6 Å². The van der Waals surface area contributed by atoms with Gasteiger partial charge in [-0.2, -0.15) is 0 Å². The smallest absolute Gasteiger partial charge is 0.340 e. The number of dihydropyridines is 1. The van der Waals surface area contributed by atoms with Gasteiger partial charge in [-0.05, 0) is 196 Å². The van der Waals surface area contributed by atoms with E-state index in [-0.39, 0.29) is 108 Å². The van der Waals surface area contributed by atoms with E-state index in [4.69, 9.17) is 9.47 Å². The lowest BCUT2D eigenvalue weighted by atomic mass is 9.42. The summed E-state index contributed by atoms with van der Waals surface area (Å²) in [6.07, 6.45) is 32.8. The number of esters is 2. The Morgan fingerprint density at radius 1 is 0.884 bits per heavy atom. The van der Waals surface area contributed by atoms with Crippen molar-refractivity contribution in [1.29, 1.82) is 0 Å². The van der Waals surface area contributed by atoms with Gasteiger partial charge in [-0.25, -0.2) is 14.6 Å². The molecule has 1 spiro atoms. The molecule has 14 aliphatic rings. The molecule has 1 aromatic rings. The largest absolute Gasteiger partial charge is 0.427 e. The molecule has 16 unspecified atom stereocenters. The third-order valence-corrected chi connectivity index (χ3v) is 26.5. The fraction of sp³-hybridized carbons (Fsp3) is 0.667. The molecule has 7 N–H and O–H groups in total. The summed E-state index contributed by atoms with van der Waals surface area (Å²) in [7, 11) is 3.54. The zero-order valence-electron chi connectivity index (χ0n) is 50.0. The van der Waals surface area contributed by atoms with Crippen molar-refractivity contribution >= 4 is 45.3 Å². The molecule has 15 rings (SSSR count). The lowest BCUT2D eigenvalue weighted by Crippen LogP contribution is -2.55. The standard InChI is InChI=1S/C69H88N6O9S2/c1-2-68(22-5-6-23-68)53-16-13-45-30-51-49-20-24-69(62(51)61-59(45)64(53)84-66(61)81)55-17-15-50(47-14-12-39-26-41(36-77)27-40(35-76)8-7-10-42(47)28-39)65(72-33-54(78)48-11-4-3-9-43(48)29-46-32-70-37-73-46)86-85-38-74-56-31-44(21-25-71-56)52(60(49)63(69)67(82)83-55)34-75-57(79)18-19-58(75)80/h17-19,21,31-32,37,39-43,45,47-52,54,62,65,71-72,74,76-78H,2-6,9-16,20,22-30,33-36,38H2,1H3,(H,70,73). The van der Waals surface area contributed by atoms with Crippen LogP contribution in [0.1, 0.15) is 147 Å². The molecule has 86 heavy (non-hydrogen) atoms. The summed E-state index contributed by atoms with van der Waals surface area (Å²) in [4.78, 5) is 67.7. The Balaban J connectivity index is 0.917. The molecular weight excluding hydrogens is 1120 g/mol. The van der Waals surface area contributed by atoms with Crippen molar-refractivity contribution in [2.24, 2.45) is 87.8 Å². The predicted octanol–water partition coefficient (Wildman–Crippen LogP) is 9.60. The number of amides is 2. The van der Waals surface area contributed by atoms with Crippen molar-refractivity contribution in [2.75, 3.05) is 38.7 Å². The number of aromatic nitrogens is 2. The molecule has 17 heteroatoms. The van der Waals surface area contributed by atoms with Gasteiger partial charge < -0.3 is 45.7 Å². The number of hydrogen-bond acceptors (Lipinski definition) is 15. The Morgan fingerprint density at radius 2 is 1.73 bits per heavy atom. The fourth-order valence-corrected chi connectivity index (χ4v) is 22.7. The van der Waals surface area contributed by atoms with Gasteiger partial charge in [-0.3, -0.25) is 14.5 Å². The number of nitrogens with one attached hydrogen (secondary N) is 4. The van der Waals surface area contributed by atoms with Crippen molar-refractivity contribution in [1.82, 2.24) is 30.8 Å². The normalized spacial score (nSPS) is 37.8. The summed E-state index contributed by atoms with van der Waals surface area (Å²) in [5.74, 6) is 8.66. The number of aliphatic hydroxyl groups is 3. The number of imidazole rings is 1. The molecule has 1 aromatic heterocycles. The molecule has 9 bridgehead atoms. The van der Waals surface area contributed by atoms with E-state index < -0.39 is 23.4 Å². The average molecular weight is 1210 g/mol. The van der Waals surface area contributed by atoms with Gasteiger partial charge in [0.05, 0.1) is 47.1 Å². The maximum atomic E-state index is 15.8. The fourth-order valence-electron chi connectivity index (χ4n) is 20.2. The first kappa shape index (κ1) is 58.8. The van der Waals surface area contributed by atoms with Gasteiger partial charge in [-0.1, -0.05) is 72.6 Å². The van der Waals surface area contributed by atoms with Crippen LogP contribution in [-0.4, -0.2) is 104 Å². The molecule has 16 atom stereocenters. The molecule has 2 amide bonds. The molecule has 6 heterocycles. The second-order valence-corrected chi connectivity index (χ2v) is 30.6. The van der Waals surface area contributed by atoms with E-state index >= 15 is 9.59 Å². The third kappa shape index (κ3) is 10.4. The highest BCUT2D eigenvalue weighted by Gasteiger charge is 2.70. The van der Waals surface area contributed by atoms with Crippen LogP contribution in [0.2, 0.25) is 0 Å². The molecule has 0 radical (unpaired) electrons. The number of ether oxygens (including phenoxy) is 2. The Hall–Kier alpha value is -4.83. The van der Waals surface area contributed by atoms with E-state index in [2.05, 4.69) is 62.9 Å². The summed E-state index contributed by atoms with van der Waals surface area (Å²) in [6.45, 7) is 3.33. The minimum Gasteiger partial charge on any atom is -0.427 e. The monoisotopic (exact) mass is 1210 g/mol. The number of carbonyl (C=O) groups excluding carboxylic acids is 4. The molecule has 0 aromatic carbocycles. The van der Waals surface area contributed by atoms with Crippen LogP contribution in [0.3, 0.4) is 0 Å². The van der Waals surface area contributed by atoms with Gasteiger partial charge in [0.15, 0.2) is 0 Å². The first-order valence-corrected chi connectivity index (χ1v) is 35.5. The molecule has 1 saturated heterocycles. The van der Waals surface area contributed by atoms with E-state index in [0.717, 1.165) is 142 Å². The minimum absolute atomic E-state index is 0.0171. The van der Waals surface area contributed by atoms with Crippen LogP contribution in [0.15, 0.2) is 93.7 Å². The second kappa shape index (κ2) is 24.5. The van der Waals surface area contributed by atoms with Crippen molar-refractivity contribution in [3.63, 3.8) is 0 Å². The van der Waals surface area contributed by atoms with Crippen molar-refractivity contribution in [2.45, 2.75) is 160 Å². The second-order valence-electron chi connectivity index (χ2n) is 28.0. The minimum atomic E-state index is -1.01. The van der Waals surface area contributed by atoms with Gasteiger partial charge in [0, 0.05) is 85.6 Å². The van der Waals surface area contributed by atoms with Crippen LogP contribution in [0.5, 0.6) is 0 Å². The van der Waals surface area contributed by atoms with E-state index in [1.165, 1.54) is 35.5 Å². The van der Waals surface area contributed by atoms with Gasteiger partial charge >= 0.3 is 11.9 Å². The number of fused-ring (bicyclic) bond motifs is 4. The van der Waals surface area contributed by atoms with Crippen molar-refractivity contribution in [3.05, 3.63) is 99.4 Å². The highest BCUT2D eigenvalue weighted by molar-refractivity contribution is 8.76. The number of nitrogens with zero attached hydrogens (tertiary/aromatic N) is 2. The lowest BCUT2D eigenvalue weighted by molar-refractivity contribution is -0.138. The molecular formula is C69H88N6O9S2. The van der Waals surface area contributed by atoms with Gasteiger partial charge in [-0.15, -0.1) is 5.92 Å². The number of aliphatic hydroxyl groups excluding tert-OH is 3. The van der Waals surface area contributed by atoms with Crippen molar-refractivity contribution in [3.8, 4) is 11.8 Å². The zero-order valence-corrected chi connectivity index (χ0v) is 51.6. The van der Waals surface area contributed by atoms with E-state index in [1.807, 2.05) is 6.20 Å². The Morgan fingerprint density at radius 3 is 2.53 bits per heavy atom. The maximum absolute atomic E-state index is 15.8. The van der Waals surface area contributed by atoms with Crippen molar-refractivity contribution < 1.29 is 44.0 Å².